The molecule has 2 aromatic carbocycles. The number of carboxylic acid groups (broad SMARTS) is 1. The van der Waals surface area contributed by atoms with Gasteiger partial charge in [0.25, 0.3) is 12.0 Å². The van der Waals surface area contributed by atoms with E-state index in [1.165, 1.54) is 6.33 Å². The van der Waals surface area contributed by atoms with E-state index in [2.05, 4.69) is 26.3 Å². The van der Waals surface area contributed by atoms with Crippen molar-refractivity contribution in [2.24, 2.45) is 0 Å². The fraction of sp³-hybridized carbons (Fsp3) is 0.355. The lowest BCUT2D eigenvalue weighted by molar-refractivity contribution is -0.135. The molecule has 1 aliphatic rings. The number of aliphatic carboxylic acids is 1. The summed E-state index contributed by atoms with van der Waals surface area (Å²) in [5.74, 6) is -0.338. The third kappa shape index (κ3) is 6.62. The summed E-state index contributed by atoms with van der Waals surface area (Å²) in [7, 11) is 3.81. The minimum Gasteiger partial charge on any atom is -0.481 e. The van der Waals surface area contributed by atoms with Gasteiger partial charge in [0.15, 0.2) is 11.2 Å². The number of carbonyl (C=O) groups excluding carboxylic acids is 1. The summed E-state index contributed by atoms with van der Waals surface area (Å²) in [5, 5.41) is 16.4. The van der Waals surface area contributed by atoms with Gasteiger partial charge in [0.1, 0.15) is 23.4 Å². The van der Waals surface area contributed by atoms with Crippen LogP contribution in [0.15, 0.2) is 47.1 Å². The quantitative estimate of drug-likeness (QED) is 0.253. The number of fused-ring (bicyclic) bond motifs is 2. The van der Waals surface area contributed by atoms with Crippen LogP contribution in [0.1, 0.15) is 36.9 Å². The number of likely N-dealkylation sites (N-methyl/N-ethyl adjacent to an activating group) is 1. The van der Waals surface area contributed by atoms with Crippen LogP contribution in [0.4, 0.5) is 17.5 Å². The van der Waals surface area contributed by atoms with Crippen LogP contribution in [0.3, 0.4) is 0 Å². The molecule has 4 heterocycles. The van der Waals surface area contributed by atoms with Gasteiger partial charge in [0.2, 0.25) is 5.91 Å². The van der Waals surface area contributed by atoms with Gasteiger partial charge < -0.3 is 30.4 Å². The molecular weight excluding hydrogens is 562 g/mol. The first-order valence-corrected chi connectivity index (χ1v) is 14.4. The second-order valence-corrected chi connectivity index (χ2v) is 11.3. The van der Waals surface area contributed by atoms with Crippen LogP contribution in [0.2, 0.25) is 0 Å². The first kappa shape index (κ1) is 30.4. The highest BCUT2D eigenvalue weighted by molar-refractivity contribution is 5.98. The number of aromatic nitrogens is 5. The minimum absolute atomic E-state index is 0.00222. The topological polar surface area (TPSA) is 169 Å². The van der Waals surface area contributed by atoms with Crippen LogP contribution in [0.5, 0.6) is 0 Å². The number of carboxylic acids is 1. The molecule has 1 aliphatic heterocycles. The van der Waals surface area contributed by atoms with Crippen LogP contribution in [0, 0.1) is 13.8 Å². The monoisotopic (exact) mass is 599 g/mol. The maximum Gasteiger partial charge on any atom is 0.300 e. The van der Waals surface area contributed by atoms with Crippen LogP contribution in [-0.4, -0.2) is 85.2 Å². The smallest absolute Gasteiger partial charge is 0.300 e. The highest BCUT2D eigenvalue weighted by Gasteiger charge is 2.29. The van der Waals surface area contributed by atoms with E-state index in [0.717, 1.165) is 59.8 Å². The van der Waals surface area contributed by atoms with Crippen LogP contribution >= 0.6 is 0 Å². The second kappa shape index (κ2) is 12.7. The van der Waals surface area contributed by atoms with Crippen molar-refractivity contribution in [2.75, 3.05) is 44.8 Å². The van der Waals surface area contributed by atoms with Gasteiger partial charge in [-0.05, 0) is 70.1 Å². The van der Waals surface area contributed by atoms with Crippen molar-refractivity contribution < 1.29 is 19.1 Å². The van der Waals surface area contributed by atoms with E-state index < -0.39 is 5.97 Å². The number of hydrogen-bond acceptors (Lipinski definition) is 10. The molecule has 1 fully saturated rings. The van der Waals surface area contributed by atoms with Gasteiger partial charge in [-0.25, -0.2) is 14.6 Å². The Hall–Kier alpha value is -5.04. The normalized spacial score (nSPS) is 15.0. The lowest BCUT2D eigenvalue weighted by Gasteiger charge is -2.33. The van der Waals surface area contributed by atoms with Crippen molar-refractivity contribution in [2.45, 2.75) is 39.7 Å². The van der Waals surface area contributed by atoms with Gasteiger partial charge >= 0.3 is 0 Å². The third-order valence-corrected chi connectivity index (χ3v) is 7.29. The zero-order valence-electron chi connectivity index (χ0n) is 25.5. The number of piperidine rings is 1. The summed E-state index contributed by atoms with van der Waals surface area (Å²) in [4.78, 5) is 39.0. The van der Waals surface area contributed by atoms with Crippen molar-refractivity contribution in [1.82, 2.24) is 34.5 Å². The minimum atomic E-state index is -0.833. The summed E-state index contributed by atoms with van der Waals surface area (Å²) in [6.07, 6.45) is 3.27. The summed E-state index contributed by atoms with van der Waals surface area (Å²) < 4.78 is 7.88. The zero-order chi connectivity index (χ0) is 31.5. The highest BCUT2D eigenvalue weighted by Crippen LogP contribution is 2.34. The van der Waals surface area contributed by atoms with E-state index in [1.807, 2.05) is 72.8 Å². The summed E-state index contributed by atoms with van der Waals surface area (Å²) >= 11 is 0. The molecular formula is C31H37N9O4. The molecule has 4 N–H and O–H groups in total. The Bertz CT molecular complexity index is 1810. The Kier molecular flexibility index (Phi) is 8.76. The van der Waals surface area contributed by atoms with E-state index >= 15 is 0 Å². The van der Waals surface area contributed by atoms with Crippen molar-refractivity contribution >= 4 is 51.5 Å². The third-order valence-electron chi connectivity index (χ3n) is 7.29. The Balaban J connectivity index is 0.000000906. The fourth-order valence-corrected chi connectivity index (χ4v) is 5.47. The predicted octanol–water partition coefficient (Wildman–Crippen LogP) is 4.39. The number of rotatable bonds is 6. The van der Waals surface area contributed by atoms with E-state index in [4.69, 9.17) is 25.2 Å². The van der Waals surface area contributed by atoms with E-state index in [1.54, 1.807) is 0 Å². The van der Waals surface area contributed by atoms with Crippen LogP contribution in [-0.2, 0) is 9.59 Å². The molecule has 1 saturated heterocycles. The Labute approximate surface area is 254 Å². The first-order valence-electron chi connectivity index (χ1n) is 14.4. The molecule has 1 atom stereocenters. The number of hydrogen-bond donors (Lipinski definition) is 3. The number of nitrogens with two attached hydrogens (primary N) is 1. The van der Waals surface area contributed by atoms with E-state index in [0.29, 0.717) is 41.6 Å². The van der Waals surface area contributed by atoms with E-state index in [-0.39, 0.29) is 11.9 Å². The molecule has 5 aromatic rings. The van der Waals surface area contributed by atoms with Crippen LogP contribution in [0.25, 0.3) is 33.4 Å². The highest BCUT2D eigenvalue weighted by atomic mass is 16.4. The number of carbonyl (C=O) groups is 2. The van der Waals surface area contributed by atoms with Gasteiger partial charge in [-0.1, -0.05) is 18.2 Å². The lowest BCUT2D eigenvalue weighted by atomic mass is 10.1. The number of aryl methyl sites for hydroxylation is 2. The van der Waals surface area contributed by atoms with Gasteiger partial charge in [0.05, 0.1) is 18.0 Å². The standard InChI is InChI=1S/C29H33N9O2.C2H4O2/c1-17-12-18(2)26-22(13-17)34-29(40-26)33-20-9-7-19(8-10-20)25-24-27(30)31-16-32-28(24)38(35-25)21-6-5-11-37(14-21)23(39)15-36(3)4;1-2(3)4/h7-10,12-13,16,21H,5-6,11,14-15H2,1-4H3,(H,33,34)(H2,30,31,32);1H3,(H,3,4). The van der Waals surface area contributed by atoms with Gasteiger partial charge in [-0.2, -0.15) is 10.1 Å². The molecule has 230 valence electrons. The van der Waals surface area contributed by atoms with Crippen molar-refractivity contribution in [3.8, 4) is 11.3 Å². The van der Waals surface area contributed by atoms with Gasteiger partial charge in [-0.3, -0.25) is 9.59 Å². The van der Waals surface area contributed by atoms with Gasteiger partial charge in [0, 0.05) is 31.3 Å². The average Bonchev–Trinajstić information content (AvgIpc) is 3.55. The molecule has 0 saturated carbocycles. The number of anilines is 3. The number of nitrogen functional groups attached to an aromatic ring is 1. The van der Waals surface area contributed by atoms with Crippen LogP contribution < -0.4 is 11.1 Å². The summed E-state index contributed by atoms with van der Waals surface area (Å²) in [6, 6.07) is 12.4. The maximum absolute atomic E-state index is 12.8. The average molecular weight is 600 g/mol. The molecule has 13 nitrogen and oxygen atoms in total. The molecule has 0 spiro atoms. The second-order valence-electron chi connectivity index (χ2n) is 11.3. The number of oxazole rings is 1. The van der Waals surface area contributed by atoms with Crippen molar-refractivity contribution in [3.05, 3.63) is 53.9 Å². The SMILES string of the molecule is CC(=O)O.Cc1cc(C)c2oc(Nc3ccc(-c4nn(C5CCCN(C(=O)CN(C)C)C5)c5ncnc(N)c45)cc3)nc2c1. The molecule has 1 amide bonds. The molecule has 13 heteroatoms. The molecule has 44 heavy (non-hydrogen) atoms. The Morgan fingerprint density at radius 3 is 2.59 bits per heavy atom. The Morgan fingerprint density at radius 1 is 1.16 bits per heavy atom. The number of benzene rings is 2. The molecule has 6 rings (SSSR count). The van der Waals surface area contributed by atoms with Crippen molar-refractivity contribution in [3.63, 3.8) is 0 Å². The lowest BCUT2D eigenvalue weighted by Crippen LogP contribution is -2.44. The van der Waals surface area contributed by atoms with E-state index in [9.17, 15) is 4.79 Å². The zero-order valence-corrected chi connectivity index (χ0v) is 25.5. The fourth-order valence-electron chi connectivity index (χ4n) is 5.47. The predicted molar refractivity (Wildman–Crippen MR) is 169 cm³/mol. The molecule has 0 bridgehead atoms. The molecule has 0 aliphatic carbocycles. The largest absolute Gasteiger partial charge is 0.481 e. The van der Waals surface area contributed by atoms with Gasteiger partial charge in [-0.15, -0.1) is 0 Å². The molecule has 3 aromatic heterocycles. The summed E-state index contributed by atoms with van der Waals surface area (Å²) in [6.45, 7) is 6.87. The number of amides is 1. The number of nitrogens with one attached hydrogen (secondary N) is 1. The maximum atomic E-state index is 12.8. The summed E-state index contributed by atoms with van der Waals surface area (Å²) in [5.41, 5.74) is 13.3. The molecule has 0 radical (unpaired) electrons. The van der Waals surface area contributed by atoms with Crippen molar-refractivity contribution in [1.29, 1.82) is 0 Å². The number of likely N-dealkylation sites (tertiary alicyclic amines) is 1. The first-order chi connectivity index (χ1) is 21.0. The number of nitrogens with zero attached hydrogens (tertiary/aromatic N) is 7. The molecule has 1 unspecified atom stereocenters. The Morgan fingerprint density at radius 2 is 1.89 bits per heavy atom.